The quantitative estimate of drug-likeness (QED) is 0.819. The number of carbonyl (C=O) groups excluding carboxylic acids is 2. The Morgan fingerprint density at radius 1 is 1.37 bits per heavy atom. The van der Waals surface area contributed by atoms with Crippen molar-refractivity contribution in [2.24, 2.45) is 23.7 Å². The number of carboxylic acids is 1. The summed E-state index contributed by atoms with van der Waals surface area (Å²) in [7, 11) is 0. The van der Waals surface area contributed by atoms with E-state index in [1.807, 2.05) is 24.5 Å². The second-order valence-corrected chi connectivity index (χ2v) is 5.96. The van der Waals surface area contributed by atoms with E-state index >= 15 is 0 Å². The lowest BCUT2D eigenvalue weighted by molar-refractivity contribution is -0.313. The Morgan fingerprint density at radius 3 is 2.63 bits per heavy atom. The van der Waals surface area contributed by atoms with E-state index in [-0.39, 0.29) is 17.7 Å². The van der Waals surface area contributed by atoms with Crippen LogP contribution < -0.4 is 10.4 Å². The average molecular weight is 277 g/mol. The van der Waals surface area contributed by atoms with Crippen LogP contribution in [-0.4, -0.2) is 16.9 Å². The molecule has 1 saturated carbocycles. The third-order valence-electron chi connectivity index (χ3n) is 3.88. The molecule has 1 aromatic heterocycles. The molecule has 100 valence electrons. The van der Waals surface area contributed by atoms with Crippen molar-refractivity contribution in [3.05, 3.63) is 23.2 Å². The second-order valence-electron chi connectivity index (χ2n) is 5.10. The first kappa shape index (κ1) is 12.3. The van der Waals surface area contributed by atoms with Crippen LogP contribution in [0.2, 0.25) is 0 Å². The molecule has 1 aromatic rings. The molecule has 0 unspecified atom stereocenters. The maximum Gasteiger partial charge on any atom is 0.230 e. The number of allylic oxidation sites excluding steroid dienone is 2. The second kappa shape index (κ2) is 4.45. The maximum atomic E-state index is 12.3. The number of anilines is 1. The van der Waals surface area contributed by atoms with E-state index in [1.165, 1.54) is 11.3 Å². The van der Waals surface area contributed by atoms with Crippen LogP contribution in [0.4, 0.5) is 5.13 Å². The number of thiazole rings is 1. The molecule has 0 aliphatic heterocycles. The normalized spacial score (nSPS) is 31.6. The predicted octanol–water partition coefficient (Wildman–Crippen LogP) is 0.578. The van der Waals surface area contributed by atoms with Crippen LogP contribution in [0, 0.1) is 30.6 Å². The van der Waals surface area contributed by atoms with E-state index in [2.05, 4.69) is 10.3 Å². The third-order valence-corrected chi connectivity index (χ3v) is 4.76. The van der Waals surface area contributed by atoms with Crippen molar-refractivity contribution in [2.45, 2.75) is 13.3 Å². The summed E-state index contributed by atoms with van der Waals surface area (Å²) in [6.45, 7) is 1.84. The summed E-state index contributed by atoms with van der Waals surface area (Å²) in [5, 5.41) is 16.3. The minimum absolute atomic E-state index is 0.00830. The molecule has 2 aliphatic carbocycles. The van der Waals surface area contributed by atoms with Gasteiger partial charge in [0.05, 0.1) is 11.6 Å². The Morgan fingerprint density at radius 2 is 2.05 bits per heavy atom. The van der Waals surface area contributed by atoms with E-state index in [0.717, 1.165) is 12.1 Å². The number of carbonyl (C=O) groups is 2. The number of aromatic nitrogens is 1. The number of hydrogen-bond acceptors (Lipinski definition) is 5. The lowest BCUT2D eigenvalue weighted by atomic mass is 9.82. The number of amides is 1. The van der Waals surface area contributed by atoms with E-state index < -0.39 is 17.8 Å². The molecule has 0 saturated heterocycles. The molecule has 0 radical (unpaired) electrons. The highest BCUT2D eigenvalue weighted by atomic mass is 32.1. The van der Waals surface area contributed by atoms with Crippen molar-refractivity contribution in [3.8, 4) is 0 Å². The molecule has 0 spiro atoms. The number of nitrogens with one attached hydrogen (secondary N) is 1. The third kappa shape index (κ3) is 2.06. The molecule has 1 heterocycles. The van der Waals surface area contributed by atoms with E-state index in [0.29, 0.717) is 5.13 Å². The lowest BCUT2D eigenvalue weighted by Gasteiger charge is -2.27. The molecule has 2 bridgehead atoms. The Balaban J connectivity index is 1.79. The van der Waals surface area contributed by atoms with Crippen LogP contribution in [-0.2, 0) is 9.59 Å². The Kier molecular flexibility index (Phi) is 2.89. The number of carboxylic acid groups (broad SMARTS) is 1. The van der Waals surface area contributed by atoms with Gasteiger partial charge >= 0.3 is 0 Å². The number of fused-ring (bicyclic) bond motifs is 2. The van der Waals surface area contributed by atoms with Crippen LogP contribution in [0.5, 0.6) is 0 Å². The van der Waals surface area contributed by atoms with Gasteiger partial charge in [0, 0.05) is 17.3 Å². The Labute approximate surface area is 114 Å². The van der Waals surface area contributed by atoms with Gasteiger partial charge in [-0.15, -0.1) is 11.3 Å². The van der Waals surface area contributed by atoms with Crippen molar-refractivity contribution in [1.29, 1.82) is 0 Å². The fourth-order valence-corrected chi connectivity index (χ4v) is 3.79. The van der Waals surface area contributed by atoms with Gasteiger partial charge in [-0.2, -0.15) is 0 Å². The minimum atomic E-state index is -1.13. The van der Waals surface area contributed by atoms with Crippen molar-refractivity contribution in [3.63, 3.8) is 0 Å². The average Bonchev–Trinajstić information content (AvgIpc) is 3.03. The monoisotopic (exact) mass is 277 g/mol. The Bertz CT molecular complexity index is 566. The van der Waals surface area contributed by atoms with E-state index in [1.54, 1.807) is 0 Å². The molecule has 1 N–H and O–H groups in total. The molecular formula is C13H13N2O3S-. The van der Waals surface area contributed by atoms with Crippen LogP contribution in [0.1, 0.15) is 12.1 Å². The van der Waals surface area contributed by atoms with Crippen LogP contribution in [0.25, 0.3) is 0 Å². The highest BCUT2D eigenvalue weighted by Crippen LogP contribution is 2.48. The first-order valence-corrected chi connectivity index (χ1v) is 7.06. The van der Waals surface area contributed by atoms with Gasteiger partial charge in [-0.25, -0.2) is 4.98 Å². The van der Waals surface area contributed by atoms with Gasteiger partial charge in [0.15, 0.2) is 5.13 Å². The van der Waals surface area contributed by atoms with Gasteiger partial charge in [0.25, 0.3) is 0 Å². The van der Waals surface area contributed by atoms with Crippen LogP contribution in [0.3, 0.4) is 0 Å². The van der Waals surface area contributed by atoms with Crippen LogP contribution in [0.15, 0.2) is 17.5 Å². The van der Waals surface area contributed by atoms with Crippen molar-refractivity contribution in [1.82, 2.24) is 4.98 Å². The number of rotatable bonds is 3. The highest BCUT2D eigenvalue weighted by molar-refractivity contribution is 7.13. The molecule has 6 heteroatoms. The number of aliphatic carboxylic acids is 1. The van der Waals surface area contributed by atoms with Crippen LogP contribution >= 0.6 is 11.3 Å². The van der Waals surface area contributed by atoms with Gasteiger partial charge in [0.1, 0.15) is 0 Å². The van der Waals surface area contributed by atoms with Gasteiger partial charge < -0.3 is 15.2 Å². The number of hydrogen-bond donors (Lipinski definition) is 1. The molecule has 3 rings (SSSR count). The standard InChI is InChI=1S/C13H14N2O3S/c1-6-5-19-13(14-6)15-11(16)9-7-2-3-8(4-7)10(9)12(17)18/h2-3,5,7-10H,4H2,1H3,(H,17,18)(H,14,15,16)/p-1/t7-,8+,9+,10+/m1/s1. The molecule has 2 aliphatic rings. The molecular weight excluding hydrogens is 264 g/mol. The van der Waals surface area contributed by atoms with Gasteiger partial charge in [-0.1, -0.05) is 12.2 Å². The van der Waals surface area contributed by atoms with Crippen molar-refractivity contribution < 1.29 is 14.7 Å². The Hall–Kier alpha value is -1.69. The zero-order valence-electron chi connectivity index (χ0n) is 10.3. The fourth-order valence-electron chi connectivity index (χ4n) is 3.10. The lowest BCUT2D eigenvalue weighted by Crippen LogP contribution is -2.42. The highest BCUT2D eigenvalue weighted by Gasteiger charge is 2.48. The summed E-state index contributed by atoms with van der Waals surface area (Å²) in [5.41, 5.74) is 0.838. The molecule has 0 aromatic carbocycles. The topological polar surface area (TPSA) is 82.1 Å². The summed E-state index contributed by atoms with van der Waals surface area (Å²) < 4.78 is 0. The number of aryl methyl sites for hydroxylation is 1. The smallest absolute Gasteiger partial charge is 0.230 e. The zero-order chi connectivity index (χ0) is 13.6. The van der Waals surface area contributed by atoms with Crippen molar-refractivity contribution in [2.75, 3.05) is 5.32 Å². The van der Waals surface area contributed by atoms with Gasteiger partial charge in [-0.05, 0) is 25.2 Å². The SMILES string of the molecule is Cc1csc(NC(=O)[C@@H]2[C@@H](C(=O)[O-])[C@H]3C=C[C@@H]2C3)n1. The molecule has 5 nitrogen and oxygen atoms in total. The maximum absolute atomic E-state index is 12.3. The molecule has 1 fully saturated rings. The number of nitrogens with zero attached hydrogens (tertiary/aromatic N) is 1. The summed E-state index contributed by atoms with van der Waals surface area (Å²) >= 11 is 1.34. The minimum Gasteiger partial charge on any atom is -0.550 e. The first-order chi connectivity index (χ1) is 9.06. The first-order valence-electron chi connectivity index (χ1n) is 6.18. The predicted molar refractivity (Wildman–Crippen MR) is 68.2 cm³/mol. The summed E-state index contributed by atoms with van der Waals surface area (Å²) in [4.78, 5) is 27.6. The van der Waals surface area contributed by atoms with Crippen molar-refractivity contribution >= 4 is 28.3 Å². The fraction of sp³-hybridized carbons (Fsp3) is 0.462. The molecule has 19 heavy (non-hydrogen) atoms. The zero-order valence-corrected chi connectivity index (χ0v) is 11.1. The van der Waals surface area contributed by atoms with E-state index in [9.17, 15) is 14.7 Å². The summed E-state index contributed by atoms with van der Waals surface area (Å²) in [6.07, 6.45) is 4.57. The largest absolute Gasteiger partial charge is 0.550 e. The van der Waals surface area contributed by atoms with E-state index in [4.69, 9.17) is 0 Å². The van der Waals surface area contributed by atoms with Gasteiger partial charge in [-0.3, -0.25) is 4.79 Å². The summed E-state index contributed by atoms with van der Waals surface area (Å²) in [6, 6.07) is 0. The molecule has 1 amide bonds. The molecule has 4 atom stereocenters. The van der Waals surface area contributed by atoms with Gasteiger partial charge in [0.2, 0.25) is 5.91 Å². The summed E-state index contributed by atoms with van der Waals surface area (Å²) in [5.74, 6) is -2.70.